The van der Waals surface area contributed by atoms with E-state index in [2.05, 4.69) is 5.10 Å². The minimum atomic E-state index is -0.798. The molecule has 0 aliphatic carbocycles. The number of aromatic nitrogens is 2. The Morgan fingerprint density at radius 2 is 1.96 bits per heavy atom. The van der Waals surface area contributed by atoms with Crippen LogP contribution < -0.4 is 10.5 Å². The van der Waals surface area contributed by atoms with Crippen LogP contribution in [0.15, 0.2) is 54.7 Å². The van der Waals surface area contributed by atoms with Gasteiger partial charge in [-0.1, -0.05) is 12.1 Å². The van der Waals surface area contributed by atoms with Crippen LogP contribution >= 0.6 is 0 Å². The molecule has 2 aromatic carbocycles. The van der Waals surface area contributed by atoms with Gasteiger partial charge >= 0.3 is 6.03 Å². The number of hydrogen-bond donors (Lipinski definition) is 1. The highest BCUT2D eigenvalue weighted by Crippen LogP contribution is 2.28. The molecule has 0 spiro atoms. The molecule has 116 valence electrons. The second-order valence-electron chi connectivity index (χ2n) is 4.69. The Morgan fingerprint density at radius 1 is 1.13 bits per heavy atom. The zero-order chi connectivity index (χ0) is 16.4. The molecule has 0 saturated carbocycles. The molecule has 3 rings (SSSR count). The Morgan fingerprint density at radius 3 is 2.65 bits per heavy atom. The number of carbonyl (C=O) groups is 1. The van der Waals surface area contributed by atoms with Crippen molar-refractivity contribution in [3.8, 4) is 22.8 Å². The maximum absolute atomic E-state index is 13.6. The Kier molecular flexibility index (Phi) is 3.76. The number of rotatable bonds is 3. The first-order valence-corrected chi connectivity index (χ1v) is 6.62. The minimum absolute atomic E-state index is 0.0915. The summed E-state index contributed by atoms with van der Waals surface area (Å²) in [6, 6.07) is 10.7. The summed E-state index contributed by atoms with van der Waals surface area (Å²) in [7, 11) is 0. The fourth-order valence-corrected chi connectivity index (χ4v) is 2.00. The van der Waals surface area contributed by atoms with Gasteiger partial charge < -0.3 is 10.5 Å². The Labute approximate surface area is 129 Å². The molecule has 0 unspecified atom stereocenters. The van der Waals surface area contributed by atoms with Crippen LogP contribution in [0.2, 0.25) is 0 Å². The summed E-state index contributed by atoms with van der Waals surface area (Å²) in [5.74, 6) is -1.22. The number of primary amides is 1. The molecular formula is C16H11F2N3O2. The van der Waals surface area contributed by atoms with E-state index in [9.17, 15) is 13.6 Å². The molecule has 0 saturated heterocycles. The molecule has 0 aliphatic heterocycles. The molecule has 5 nitrogen and oxygen atoms in total. The number of carbonyl (C=O) groups excluding carboxylic acids is 1. The molecule has 0 aliphatic rings. The van der Waals surface area contributed by atoms with Gasteiger partial charge in [0.05, 0.1) is 5.69 Å². The zero-order valence-corrected chi connectivity index (χ0v) is 11.7. The van der Waals surface area contributed by atoms with E-state index in [-0.39, 0.29) is 5.75 Å². The van der Waals surface area contributed by atoms with Gasteiger partial charge in [0.1, 0.15) is 11.6 Å². The van der Waals surface area contributed by atoms with Crippen molar-refractivity contribution >= 4 is 6.03 Å². The van der Waals surface area contributed by atoms with Crippen LogP contribution in [0, 0.1) is 11.6 Å². The summed E-state index contributed by atoms with van der Waals surface area (Å²) < 4.78 is 32.9. The van der Waals surface area contributed by atoms with E-state index >= 15 is 0 Å². The Hall–Kier alpha value is -3.22. The molecule has 23 heavy (non-hydrogen) atoms. The summed E-state index contributed by atoms with van der Waals surface area (Å²) in [4.78, 5) is 11.0. The van der Waals surface area contributed by atoms with Crippen molar-refractivity contribution in [3.05, 3.63) is 66.4 Å². The van der Waals surface area contributed by atoms with Crippen LogP contribution in [0.4, 0.5) is 13.6 Å². The predicted octanol–water partition coefficient (Wildman–Crippen LogP) is 3.55. The Bertz CT molecular complexity index is 877. The van der Waals surface area contributed by atoms with E-state index in [1.54, 1.807) is 30.3 Å². The largest absolute Gasteiger partial charge is 0.454 e. The number of hydrogen-bond acceptors (Lipinski definition) is 3. The highest BCUT2D eigenvalue weighted by atomic mass is 19.1. The average Bonchev–Trinajstić information content (AvgIpc) is 3.01. The van der Waals surface area contributed by atoms with Gasteiger partial charge in [0.25, 0.3) is 0 Å². The molecule has 1 amide bonds. The SMILES string of the molecule is NC(=O)n1ccc(-c2cccc(Oc3ccc(F)cc3F)c2)n1. The van der Waals surface area contributed by atoms with E-state index in [1.807, 2.05) is 0 Å². The fraction of sp³-hybridized carbons (Fsp3) is 0. The summed E-state index contributed by atoms with van der Waals surface area (Å²) in [6.07, 6.45) is 1.44. The smallest absolute Gasteiger partial charge is 0.339 e. The van der Waals surface area contributed by atoms with Crippen LogP contribution in [-0.2, 0) is 0 Å². The van der Waals surface area contributed by atoms with E-state index in [0.29, 0.717) is 17.0 Å². The van der Waals surface area contributed by atoms with E-state index in [0.717, 1.165) is 16.8 Å². The molecule has 1 heterocycles. The summed E-state index contributed by atoms with van der Waals surface area (Å²) in [5, 5.41) is 4.02. The number of nitrogens with two attached hydrogens (primary N) is 1. The van der Waals surface area contributed by atoms with Crippen molar-refractivity contribution in [3.63, 3.8) is 0 Å². The highest BCUT2D eigenvalue weighted by molar-refractivity contribution is 5.74. The van der Waals surface area contributed by atoms with Gasteiger partial charge in [-0.05, 0) is 30.3 Å². The number of halogens is 2. The van der Waals surface area contributed by atoms with Crippen molar-refractivity contribution in [2.24, 2.45) is 5.73 Å². The van der Waals surface area contributed by atoms with Crippen LogP contribution in [-0.4, -0.2) is 15.8 Å². The first-order chi connectivity index (χ1) is 11.0. The molecule has 1 aromatic heterocycles. The summed E-state index contributed by atoms with van der Waals surface area (Å²) in [6.45, 7) is 0. The molecule has 0 bridgehead atoms. The molecule has 2 N–H and O–H groups in total. The predicted molar refractivity (Wildman–Crippen MR) is 79.1 cm³/mol. The van der Waals surface area contributed by atoms with Crippen LogP contribution in [0.3, 0.4) is 0 Å². The quantitative estimate of drug-likeness (QED) is 0.803. The number of ether oxygens (including phenoxy) is 1. The zero-order valence-electron chi connectivity index (χ0n) is 11.7. The summed E-state index contributed by atoms with van der Waals surface area (Å²) in [5.41, 5.74) is 6.30. The van der Waals surface area contributed by atoms with Gasteiger partial charge in [0.2, 0.25) is 0 Å². The normalized spacial score (nSPS) is 10.5. The van der Waals surface area contributed by atoms with Crippen LogP contribution in [0.25, 0.3) is 11.3 Å². The lowest BCUT2D eigenvalue weighted by molar-refractivity contribution is 0.248. The van der Waals surface area contributed by atoms with Gasteiger partial charge in [0.15, 0.2) is 11.6 Å². The first-order valence-electron chi connectivity index (χ1n) is 6.62. The minimum Gasteiger partial charge on any atom is -0.454 e. The molecular weight excluding hydrogens is 304 g/mol. The second kappa shape index (κ2) is 5.88. The fourth-order valence-electron chi connectivity index (χ4n) is 2.00. The average molecular weight is 315 g/mol. The molecule has 0 atom stereocenters. The first kappa shape index (κ1) is 14.7. The third-order valence-electron chi connectivity index (χ3n) is 3.07. The lowest BCUT2D eigenvalue weighted by Gasteiger charge is -2.07. The van der Waals surface area contributed by atoms with Gasteiger partial charge in [-0.25, -0.2) is 13.6 Å². The van der Waals surface area contributed by atoms with Gasteiger partial charge in [-0.2, -0.15) is 9.78 Å². The van der Waals surface area contributed by atoms with Gasteiger partial charge in [-0.3, -0.25) is 0 Å². The van der Waals surface area contributed by atoms with Crippen molar-refractivity contribution in [2.45, 2.75) is 0 Å². The maximum Gasteiger partial charge on any atom is 0.339 e. The van der Waals surface area contributed by atoms with E-state index in [1.165, 1.54) is 12.3 Å². The third kappa shape index (κ3) is 3.18. The lowest BCUT2D eigenvalue weighted by Crippen LogP contribution is -2.19. The second-order valence-corrected chi connectivity index (χ2v) is 4.69. The number of nitrogens with zero attached hydrogens (tertiary/aromatic N) is 2. The van der Waals surface area contributed by atoms with Gasteiger partial charge in [-0.15, -0.1) is 0 Å². The summed E-state index contributed by atoms with van der Waals surface area (Å²) >= 11 is 0. The third-order valence-corrected chi connectivity index (χ3v) is 3.07. The highest BCUT2D eigenvalue weighted by Gasteiger charge is 2.09. The van der Waals surface area contributed by atoms with Crippen molar-refractivity contribution in [2.75, 3.05) is 0 Å². The number of amides is 1. The molecule has 0 fully saturated rings. The monoisotopic (exact) mass is 315 g/mol. The topological polar surface area (TPSA) is 70.1 Å². The Balaban J connectivity index is 1.88. The maximum atomic E-state index is 13.6. The van der Waals surface area contributed by atoms with Crippen molar-refractivity contribution in [1.29, 1.82) is 0 Å². The van der Waals surface area contributed by atoms with Crippen molar-refractivity contribution in [1.82, 2.24) is 9.78 Å². The molecule has 0 radical (unpaired) electrons. The van der Waals surface area contributed by atoms with Crippen LogP contribution in [0.1, 0.15) is 0 Å². The molecule has 3 aromatic rings. The lowest BCUT2D eigenvalue weighted by atomic mass is 10.1. The standard InChI is InChI=1S/C16H11F2N3O2/c17-11-4-5-15(13(18)9-11)23-12-3-1-2-10(8-12)14-6-7-21(20-14)16(19)22/h1-9H,(H2,19,22). The molecule has 7 heteroatoms. The number of benzene rings is 2. The van der Waals surface area contributed by atoms with Crippen molar-refractivity contribution < 1.29 is 18.3 Å². The van der Waals surface area contributed by atoms with E-state index < -0.39 is 17.7 Å². The van der Waals surface area contributed by atoms with E-state index in [4.69, 9.17) is 10.5 Å². The van der Waals surface area contributed by atoms with Gasteiger partial charge in [0, 0.05) is 17.8 Å². The van der Waals surface area contributed by atoms with Crippen LogP contribution in [0.5, 0.6) is 11.5 Å².